The van der Waals surface area contributed by atoms with Gasteiger partial charge >= 0.3 is 0 Å². The van der Waals surface area contributed by atoms with Crippen molar-refractivity contribution < 1.29 is 18.7 Å². The van der Waals surface area contributed by atoms with Crippen LogP contribution in [0.4, 0.5) is 4.39 Å². The summed E-state index contributed by atoms with van der Waals surface area (Å²) >= 11 is 0. The van der Waals surface area contributed by atoms with Crippen LogP contribution in [0.25, 0.3) is 11.8 Å². The molecule has 3 aromatic rings. The van der Waals surface area contributed by atoms with Gasteiger partial charge in [0.25, 0.3) is 11.8 Å². The Morgan fingerprint density at radius 2 is 1.90 bits per heavy atom. The minimum atomic E-state index is -0.568. The van der Waals surface area contributed by atoms with Crippen molar-refractivity contribution in [1.29, 1.82) is 0 Å². The quantitative estimate of drug-likeness (QED) is 0.515. The SMILES string of the molecule is COc1ccc(C)cc1/C=C/C(=O)NNC(=O)c1cncn1-c1ccc(F)cc1. The zero-order chi connectivity index (χ0) is 20.8. The highest BCUT2D eigenvalue weighted by Crippen LogP contribution is 2.20. The number of aromatic nitrogens is 2. The average molecular weight is 394 g/mol. The van der Waals surface area contributed by atoms with Crippen molar-refractivity contribution in [2.24, 2.45) is 0 Å². The number of halogens is 1. The molecular formula is C21H19FN4O3. The van der Waals surface area contributed by atoms with Gasteiger partial charge in [0, 0.05) is 17.3 Å². The molecule has 3 rings (SSSR count). The minimum Gasteiger partial charge on any atom is -0.496 e. The van der Waals surface area contributed by atoms with Crippen molar-refractivity contribution in [3.05, 3.63) is 83.7 Å². The molecule has 0 aliphatic carbocycles. The molecule has 1 heterocycles. The molecule has 0 fully saturated rings. The van der Waals surface area contributed by atoms with E-state index in [9.17, 15) is 14.0 Å². The van der Waals surface area contributed by atoms with Gasteiger partial charge in [-0.3, -0.25) is 25.0 Å². The van der Waals surface area contributed by atoms with Crippen molar-refractivity contribution in [1.82, 2.24) is 20.4 Å². The van der Waals surface area contributed by atoms with Gasteiger partial charge in [-0.1, -0.05) is 11.6 Å². The van der Waals surface area contributed by atoms with Crippen LogP contribution in [0.2, 0.25) is 0 Å². The monoisotopic (exact) mass is 394 g/mol. The Kier molecular flexibility index (Phi) is 6.03. The Hall–Kier alpha value is -3.94. The summed E-state index contributed by atoms with van der Waals surface area (Å²) in [6.07, 6.45) is 5.65. The van der Waals surface area contributed by atoms with Crippen molar-refractivity contribution in [3.8, 4) is 11.4 Å². The molecule has 0 unspecified atom stereocenters. The fraction of sp³-hybridized carbons (Fsp3) is 0.0952. The highest BCUT2D eigenvalue weighted by atomic mass is 19.1. The molecule has 2 amide bonds. The van der Waals surface area contributed by atoms with E-state index < -0.39 is 11.8 Å². The number of benzene rings is 2. The highest BCUT2D eigenvalue weighted by Gasteiger charge is 2.13. The number of rotatable bonds is 5. The van der Waals surface area contributed by atoms with Gasteiger partial charge in [-0.25, -0.2) is 9.37 Å². The number of amides is 2. The second kappa shape index (κ2) is 8.83. The summed E-state index contributed by atoms with van der Waals surface area (Å²) in [5, 5.41) is 0. The second-order valence-corrected chi connectivity index (χ2v) is 6.15. The van der Waals surface area contributed by atoms with Gasteiger partial charge in [-0.15, -0.1) is 0 Å². The summed E-state index contributed by atoms with van der Waals surface area (Å²) in [5.74, 6) is -0.840. The lowest BCUT2D eigenvalue weighted by Gasteiger charge is -2.09. The number of methoxy groups -OCH3 is 1. The maximum absolute atomic E-state index is 13.1. The van der Waals surface area contributed by atoms with Gasteiger partial charge in [-0.2, -0.15) is 0 Å². The molecule has 2 aromatic carbocycles. The summed E-state index contributed by atoms with van der Waals surface area (Å²) in [5.41, 5.74) is 7.14. The molecule has 0 spiro atoms. The zero-order valence-corrected chi connectivity index (χ0v) is 15.8. The standard InChI is InChI=1S/C21H19FN4O3/c1-14-3-9-19(29-2)15(11-14)4-10-20(27)24-25-21(28)18-12-23-13-26(18)17-7-5-16(22)6-8-17/h3-13H,1-2H3,(H,24,27)(H,25,28)/b10-4+. The third-order valence-corrected chi connectivity index (χ3v) is 4.07. The lowest BCUT2D eigenvalue weighted by molar-refractivity contribution is -0.117. The van der Waals surface area contributed by atoms with Crippen molar-refractivity contribution >= 4 is 17.9 Å². The Labute approximate surface area is 166 Å². The Bertz CT molecular complexity index is 1060. The van der Waals surface area contributed by atoms with Crippen LogP contribution in [-0.4, -0.2) is 28.5 Å². The van der Waals surface area contributed by atoms with Crippen LogP contribution < -0.4 is 15.6 Å². The van der Waals surface area contributed by atoms with Crippen LogP contribution in [-0.2, 0) is 4.79 Å². The fourth-order valence-electron chi connectivity index (χ4n) is 2.64. The summed E-state index contributed by atoms with van der Waals surface area (Å²) in [6.45, 7) is 1.93. The van der Waals surface area contributed by atoms with Crippen LogP contribution in [0.15, 0.2) is 61.1 Å². The Morgan fingerprint density at radius 3 is 2.62 bits per heavy atom. The van der Waals surface area contributed by atoms with Crippen LogP contribution >= 0.6 is 0 Å². The predicted molar refractivity (Wildman–Crippen MR) is 106 cm³/mol. The summed E-state index contributed by atoms with van der Waals surface area (Å²) < 4.78 is 19.8. The van der Waals surface area contributed by atoms with E-state index in [1.807, 2.05) is 25.1 Å². The number of carbonyl (C=O) groups is 2. The van der Waals surface area contributed by atoms with E-state index in [1.54, 1.807) is 13.2 Å². The van der Waals surface area contributed by atoms with E-state index in [0.717, 1.165) is 11.1 Å². The van der Waals surface area contributed by atoms with Crippen LogP contribution in [0.1, 0.15) is 21.6 Å². The summed E-state index contributed by atoms with van der Waals surface area (Å²) in [4.78, 5) is 28.4. The number of nitrogens with one attached hydrogen (secondary N) is 2. The number of nitrogens with zero attached hydrogens (tertiary/aromatic N) is 2. The molecule has 1 aromatic heterocycles. The average Bonchev–Trinajstić information content (AvgIpc) is 3.21. The predicted octanol–water partition coefficient (Wildman–Crippen LogP) is 2.80. The molecule has 0 radical (unpaired) electrons. The first kappa shape index (κ1) is 19.8. The molecule has 0 bridgehead atoms. The molecule has 0 saturated heterocycles. The van der Waals surface area contributed by atoms with E-state index in [0.29, 0.717) is 11.4 Å². The third-order valence-electron chi connectivity index (χ3n) is 4.07. The second-order valence-electron chi connectivity index (χ2n) is 6.15. The van der Waals surface area contributed by atoms with Gasteiger partial charge in [0.1, 0.15) is 17.3 Å². The zero-order valence-electron chi connectivity index (χ0n) is 15.8. The first-order chi connectivity index (χ1) is 14.0. The lowest BCUT2D eigenvalue weighted by Crippen LogP contribution is -2.41. The number of imidazole rings is 1. The molecule has 0 saturated carbocycles. The van der Waals surface area contributed by atoms with E-state index in [1.165, 1.54) is 47.4 Å². The maximum atomic E-state index is 13.1. The molecule has 8 heteroatoms. The van der Waals surface area contributed by atoms with Crippen LogP contribution in [0.5, 0.6) is 5.75 Å². The molecule has 2 N–H and O–H groups in total. The van der Waals surface area contributed by atoms with Crippen molar-refractivity contribution in [3.63, 3.8) is 0 Å². The van der Waals surface area contributed by atoms with E-state index in [-0.39, 0.29) is 11.5 Å². The van der Waals surface area contributed by atoms with Gasteiger partial charge in [0.2, 0.25) is 0 Å². The van der Waals surface area contributed by atoms with Gasteiger partial charge in [-0.05, 0) is 49.4 Å². The number of ether oxygens (including phenoxy) is 1. The van der Waals surface area contributed by atoms with E-state index in [2.05, 4.69) is 15.8 Å². The molecule has 0 atom stereocenters. The molecule has 148 valence electrons. The number of hydrogen-bond donors (Lipinski definition) is 2. The molecule has 0 aliphatic heterocycles. The first-order valence-electron chi connectivity index (χ1n) is 8.69. The molecule has 29 heavy (non-hydrogen) atoms. The van der Waals surface area contributed by atoms with Gasteiger partial charge in [0.15, 0.2) is 0 Å². The number of hydrogen-bond acceptors (Lipinski definition) is 4. The van der Waals surface area contributed by atoms with E-state index >= 15 is 0 Å². The van der Waals surface area contributed by atoms with Gasteiger partial charge < -0.3 is 4.74 Å². The molecule has 0 aliphatic rings. The third kappa shape index (κ3) is 4.86. The Balaban J connectivity index is 1.64. The Morgan fingerprint density at radius 1 is 1.14 bits per heavy atom. The lowest BCUT2D eigenvalue weighted by atomic mass is 10.1. The highest BCUT2D eigenvalue weighted by molar-refractivity contribution is 5.97. The largest absolute Gasteiger partial charge is 0.496 e. The number of aryl methyl sites for hydroxylation is 1. The van der Waals surface area contributed by atoms with E-state index in [4.69, 9.17) is 4.74 Å². The first-order valence-corrected chi connectivity index (χ1v) is 8.69. The molecule has 7 nitrogen and oxygen atoms in total. The van der Waals surface area contributed by atoms with Crippen molar-refractivity contribution in [2.45, 2.75) is 6.92 Å². The summed E-state index contributed by atoms with van der Waals surface area (Å²) in [6, 6.07) is 11.2. The fourth-order valence-corrected chi connectivity index (χ4v) is 2.64. The number of carbonyl (C=O) groups excluding carboxylic acids is 2. The minimum absolute atomic E-state index is 0.182. The van der Waals surface area contributed by atoms with Crippen molar-refractivity contribution in [2.75, 3.05) is 7.11 Å². The van der Waals surface area contributed by atoms with Crippen LogP contribution in [0.3, 0.4) is 0 Å². The number of hydrazine groups is 1. The normalized spacial score (nSPS) is 10.7. The van der Waals surface area contributed by atoms with Gasteiger partial charge in [0.05, 0.1) is 19.6 Å². The topological polar surface area (TPSA) is 85.2 Å². The summed E-state index contributed by atoms with van der Waals surface area (Å²) in [7, 11) is 1.55. The van der Waals surface area contributed by atoms with Crippen LogP contribution in [0, 0.1) is 12.7 Å². The maximum Gasteiger partial charge on any atom is 0.288 e. The molecular weight excluding hydrogens is 375 g/mol. The smallest absolute Gasteiger partial charge is 0.288 e.